The Bertz CT molecular complexity index is 1200. The molecule has 0 unspecified atom stereocenters. The Kier molecular flexibility index (Phi) is 9.95. The minimum atomic E-state index is -0.765. The Morgan fingerprint density at radius 1 is 0.895 bits per heavy atom. The number of methoxy groups -OCH3 is 1. The standard InChI is InChI=1S/C32H46O6/c1-20(2)21(3)17-30(6,7)27-22(4)28(37-23(5)33)24-15-13-14-16-25(24)29(27)38-26(34)18-31(8,9)36-19-32(10,11)35-12/h13-17,20H,18-19H2,1-12H3/b21-17+. The van der Waals surface area contributed by atoms with Crippen LogP contribution in [-0.4, -0.2) is 36.9 Å². The molecule has 2 aromatic rings. The summed E-state index contributed by atoms with van der Waals surface area (Å²) in [7, 11) is 1.64. The van der Waals surface area contributed by atoms with Crippen molar-refractivity contribution in [2.75, 3.05) is 13.7 Å². The van der Waals surface area contributed by atoms with Crippen molar-refractivity contribution in [2.24, 2.45) is 5.92 Å². The summed E-state index contributed by atoms with van der Waals surface area (Å²) in [4.78, 5) is 25.5. The number of allylic oxidation sites excluding steroid dienone is 2. The van der Waals surface area contributed by atoms with Crippen LogP contribution in [0.2, 0.25) is 0 Å². The Morgan fingerprint density at radius 3 is 1.95 bits per heavy atom. The van der Waals surface area contributed by atoms with Crippen LogP contribution >= 0.6 is 0 Å². The molecule has 2 aromatic carbocycles. The zero-order valence-electron chi connectivity index (χ0n) is 25.3. The van der Waals surface area contributed by atoms with Crippen molar-refractivity contribution in [2.45, 2.75) is 99.2 Å². The second-order valence-corrected chi connectivity index (χ2v) is 12.2. The zero-order chi connectivity index (χ0) is 29.1. The highest BCUT2D eigenvalue weighted by Crippen LogP contribution is 2.47. The number of fused-ring (bicyclic) bond motifs is 1. The van der Waals surface area contributed by atoms with Gasteiger partial charge in [0.2, 0.25) is 0 Å². The molecular formula is C32H46O6. The molecule has 0 atom stereocenters. The predicted molar refractivity (Wildman–Crippen MR) is 153 cm³/mol. The summed E-state index contributed by atoms with van der Waals surface area (Å²) in [5, 5.41) is 1.42. The fraction of sp³-hybridized carbons (Fsp3) is 0.562. The number of hydrogen-bond donors (Lipinski definition) is 0. The highest BCUT2D eigenvalue weighted by molar-refractivity contribution is 5.99. The van der Waals surface area contributed by atoms with Gasteiger partial charge in [-0.15, -0.1) is 0 Å². The van der Waals surface area contributed by atoms with E-state index in [0.29, 0.717) is 34.8 Å². The Labute approximate surface area is 228 Å². The van der Waals surface area contributed by atoms with Crippen LogP contribution in [0.3, 0.4) is 0 Å². The second kappa shape index (κ2) is 12.0. The Hall–Kier alpha value is -2.70. The normalized spacial score (nSPS) is 13.2. The van der Waals surface area contributed by atoms with E-state index in [9.17, 15) is 9.59 Å². The van der Waals surface area contributed by atoms with Gasteiger partial charge in [-0.1, -0.05) is 63.6 Å². The van der Waals surface area contributed by atoms with Crippen molar-refractivity contribution in [3.63, 3.8) is 0 Å². The molecule has 0 saturated heterocycles. The van der Waals surface area contributed by atoms with Gasteiger partial charge >= 0.3 is 11.9 Å². The Morgan fingerprint density at radius 2 is 1.45 bits per heavy atom. The third-order valence-electron chi connectivity index (χ3n) is 6.90. The molecule has 0 radical (unpaired) electrons. The summed E-state index contributed by atoms with van der Waals surface area (Å²) >= 11 is 0. The van der Waals surface area contributed by atoms with Crippen molar-refractivity contribution in [1.82, 2.24) is 0 Å². The van der Waals surface area contributed by atoms with E-state index in [2.05, 4.69) is 40.7 Å². The molecule has 0 bridgehead atoms. The molecule has 0 aliphatic carbocycles. The van der Waals surface area contributed by atoms with Crippen LogP contribution in [0.5, 0.6) is 11.5 Å². The van der Waals surface area contributed by atoms with Crippen LogP contribution in [-0.2, 0) is 24.5 Å². The topological polar surface area (TPSA) is 71.1 Å². The van der Waals surface area contributed by atoms with E-state index in [1.54, 1.807) is 7.11 Å². The van der Waals surface area contributed by atoms with Gasteiger partial charge in [0.1, 0.15) is 11.5 Å². The van der Waals surface area contributed by atoms with Crippen molar-refractivity contribution < 1.29 is 28.5 Å². The lowest BCUT2D eigenvalue weighted by Crippen LogP contribution is -2.37. The number of rotatable bonds is 11. The van der Waals surface area contributed by atoms with Gasteiger partial charge in [-0.05, 0) is 47.5 Å². The summed E-state index contributed by atoms with van der Waals surface area (Å²) < 4.78 is 23.4. The molecule has 0 saturated carbocycles. The van der Waals surface area contributed by atoms with Gasteiger partial charge in [-0.3, -0.25) is 9.59 Å². The van der Waals surface area contributed by atoms with Crippen LogP contribution in [0.15, 0.2) is 35.9 Å². The zero-order valence-corrected chi connectivity index (χ0v) is 25.3. The average Bonchev–Trinajstić information content (AvgIpc) is 2.79. The van der Waals surface area contributed by atoms with E-state index in [0.717, 1.165) is 11.1 Å². The van der Waals surface area contributed by atoms with E-state index in [1.807, 2.05) is 58.9 Å². The molecule has 0 spiro atoms. The third kappa shape index (κ3) is 7.90. The van der Waals surface area contributed by atoms with Crippen molar-refractivity contribution in [3.05, 3.63) is 47.0 Å². The first kappa shape index (κ1) is 31.5. The molecule has 210 valence electrons. The quantitative estimate of drug-likeness (QED) is 0.172. The van der Waals surface area contributed by atoms with Gasteiger partial charge in [-0.25, -0.2) is 0 Å². The number of ether oxygens (including phenoxy) is 4. The van der Waals surface area contributed by atoms with Gasteiger partial charge in [0.25, 0.3) is 0 Å². The molecule has 0 aromatic heterocycles. The molecule has 0 heterocycles. The first-order valence-electron chi connectivity index (χ1n) is 13.2. The number of carbonyl (C=O) groups excluding carboxylic acids is 2. The predicted octanol–water partition coefficient (Wildman–Crippen LogP) is 7.47. The molecule has 0 aliphatic rings. The van der Waals surface area contributed by atoms with Gasteiger partial charge in [0.05, 0.1) is 24.2 Å². The number of hydrogen-bond acceptors (Lipinski definition) is 6. The van der Waals surface area contributed by atoms with Crippen LogP contribution < -0.4 is 9.47 Å². The number of esters is 2. The molecule has 0 amide bonds. The first-order chi connectivity index (χ1) is 17.4. The molecule has 0 fully saturated rings. The minimum Gasteiger partial charge on any atom is -0.426 e. The van der Waals surface area contributed by atoms with Crippen LogP contribution in [0.1, 0.15) is 86.8 Å². The average molecular weight is 527 g/mol. The fourth-order valence-corrected chi connectivity index (χ4v) is 4.44. The van der Waals surface area contributed by atoms with Gasteiger partial charge in [-0.2, -0.15) is 0 Å². The van der Waals surface area contributed by atoms with Crippen molar-refractivity contribution in [3.8, 4) is 11.5 Å². The molecule has 2 rings (SSSR count). The third-order valence-corrected chi connectivity index (χ3v) is 6.90. The van der Waals surface area contributed by atoms with E-state index < -0.39 is 28.6 Å². The maximum absolute atomic E-state index is 13.4. The van der Waals surface area contributed by atoms with Crippen LogP contribution in [0.4, 0.5) is 0 Å². The molecule has 38 heavy (non-hydrogen) atoms. The van der Waals surface area contributed by atoms with Gasteiger partial charge in [0.15, 0.2) is 0 Å². The van der Waals surface area contributed by atoms with Crippen LogP contribution in [0, 0.1) is 12.8 Å². The summed E-state index contributed by atoms with van der Waals surface area (Å²) in [6.45, 7) is 21.8. The highest BCUT2D eigenvalue weighted by Gasteiger charge is 2.33. The van der Waals surface area contributed by atoms with E-state index in [1.165, 1.54) is 12.5 Å². The second-order valence-electron chi connectivity index (χ2n) is 12.2. The molecule has 0 N–H and O–H groups in total. The maximum Gasteiger partial charge on any atom is 0.314 e. The molecule has 6 nitrogen and oxygen atoms in total. The molecular weight excluding hydrogens is 480 g/mol. The lowest BCUT2D eigenvalue weighted by molar-refractivity contribution is -0.147. The minimum absolute atomic E-state index is 0.0482. The van der Waals surface area contributed by atoms with Crippen molar-refractivity contribution >= 4 is 22.7 Å². The van der Waals surface area contributed by atoms with Gasteiger partial charge < -0.3 is 18.9 Å². The van der Waals surface area contributed by atoms with E-state index >= 15 is 0 Å². The Balaban J connectivity index is 2.67. The van der Waals surface area contributed by atoms with E-state index in [4.69, 9.17) is 18.9 Å². The summed E-state index contributed by atoms with van der Waals surface area (Å²) in [5.41, 5.74) is 1.01. The molecule has 6 heteroatoms. The number of benzene rings is 2. The smallest absolute Gasteiger partial charge is 0.314 e. The summed E-state index contributed by atoms with van der Waals surface area (Å²) in [6.07, 6.45) is 2.25. The van der Waals surface area contributed by atoms with Crippen LogP contribution in [0.25, 0.3) is 10.8 Å². The lowest BCUT2D eigenvalue weighted by Gasteiger charge is -2.32. The SMILES string of the molecule is COC(C)(C)COC(C)(C)CC(=O)Oc1c(C(C)(C)/C=C(\C)C(C)C)c(C)c(OC(C)=O)c2ccccc12. The first-order valence-corrected chi connectivity index (χ1v) is 13.2. The highest BCUT2D eigenvalue weighted by atomic mass is 16.6. The van der Waals surface area contributed by atoms with E-state index in [-0.39, 0.29) is 6.42 Å². The van der Waals surface area contributed by atoms with Gasteiger partial charge in [0, 0.05) is 41.3 Å². The van der Waals surface area contributed by atoms with Crippen molar-refractivity contribution in [1.29, 1.82) is 0 Å². The number of carbonyl (C=O) groups is 2. The fourth-order valence-electron chi connectivity index (χ4n) is 4.44. The maximum atomic E-state index is 13.4. The summed E-state index contributed by atoms with van der Waals surface area (Å²) in [5.74, 6) is 0.500. The lowest BCUT2D eigenvalue weighted by atomic mass is 9.77. The largest absolute Gasteiger partial charge is 0.426 e. The molecule has 0 aliphatic heterocycles. The summed E-state index contributed by atoms with van der Waals surface area (Å²) in [6, 6.07) is 7.54. The monoisotopic (exact) mass is 526 g/mol.